The fourth-order valence-electron chi connectivity index (χ4n) is 2.01. The fourth-order valence-corrected chi connectivity index (χ4v) is 2.01. The summed E-state index contributed by atoms with van der Waals surface area (Å²) >= 11 is 0. The average Bonchev–Trinajstić information content (AvgIpc) is 2.28. The number of benzene rings is 2. The molecule has 0 aliphatic rings. The molecule has 0 saturated heterocycles. The molecule has 0 fully saturated rings. The predicted octanol–water partition coefficient (Wildman–Crippen LogP) is 3.76. The lowest BCUT2D eigenvalue weighted by Gasteiger charge is -2.12. The highest BCUT2D eigenvalue weighted by Gasteiger charge is 2.08. The molecule has 0 heterocycles. The van der Waals surface area contributed by atoms with E-state index in [4.69, 9.17) is 0 Å². The molecule has 0 aliphatic carbocycles. The Labute approximate surface area is 90.4 Å². The van der Waals surface area contributed by atoms with Crippen LogP contribution in [0.4, 0.5) is 0 Å². The summed E-state index contributed by atoms with van der Waals surface area (Å²) in [7, 11) is 0. The van der Waals surface area contributed by atoms with Crippen molar-refractivity contribution in [3.63, 3.8) is 0 Å². The SMILES string of the molecule is CC(CC[O])c1cccc2ccccc12. The van der Waals surface area contributed by atoms with Crippen molar-refractivity contribution in [2.24, 2.45) is 0 Å². The highest BCUT2D eigenvalue weighted by Crippen LogP contribution is 2.27. The number of fused-ring (bicyclic) bond motifs is 1. The van der Waals surface area contributed by atoms with Crippen molar-refractivity contribution in [1.29, 1.82) is 0 Å². The zero-order valence-electron chi connectivity index (χ0n) is 8.94. The maximum absolute atomic E-state index is 10.6. The van der Waals surface area contributed by atoms with Crippen LogP contribution in [0.2, 0.25) is 0 Å². The van der Waals surface area contributed by atoms with Crippen molar-refractivity contribution in [3.8, 4) is 0 Å². The van der Waals surface area contributed by atoms with Crippen molar-refractivity contribution in [1.82, 2.24) is 0 Å². The second-order valence-corrected chi connectivity index (χ2v) is 3.96. The Bertz CT molecular complexity index is 443. The number of hydrogen-bond donors (Lipinski definition) is 0. The first kappa shape index (κ1) is 10.2. The van der Waals surface area contributed by atoms with Crippen LogP contribution in [0.5, 0.6) is 0 Å². The van der Waals surface area contributed by atoms with Gasteiger partial charge in [0.2, 0.25) is 0 Å². The lowest BCUT2D eigenvalue weighted by Crippen LogP contribution is -1.96. The largest absolute Gasteiger partial charge is 0.237 e. The average molecular weight is 199 g/mol. The molecule has 77 valence electrons. The molecular formula is C14H15O. The predicted molar refractivity (Wildman–Crippen MR) is 62.5 cm³/mol. The van der Waals surface area contributed by atoms with E-state index < -0.39 is 0 Å². The van der Waals surface area contributed by atoms with Gasteiger partial charge in [0.1, 0.15) is 0 Å². The summed E-state index contributed by atoms with van der Waals surface area (Å²) in [5.74, 6) is 0.355. The number of hydrogen-bond acceptors (Lipinski definition) is 0. The molecule has 1 atom stereocenters. The van der Waals surface area contributed by atoms with Gasteiger partial charge in [-0.3, -0.25) is 0 Å². The van der Waals surface area contributed by atoms with Crippen LogP contribution in [0, 0.1) is 0 Å². The van der Waals surface area contributed by atoms with Gasteiger partial charge in [-0.1, -0.05) is 49.4 Å². The van der Waals surface area contributed by atoms with Crippen LogP contribution in [0.25, 0.3) is 10.8 Å². The summed E-state index contributed by atoms with van der Waals surface area (Å²) in [4.78, 5) is 0. The third-order valence-electron chi connectivity index (χ3n) is 2.91. The molecule has 2 aromatic carbocycles. The molecule has 1 nitrogen and oxygen atoms in total. The van der Waals surface area contributed by atoms with Crippen LogP contribution < -0.4 is 0 Å². The van der Waals surface area contributed by atoms with Gasteiger partial charge in [0.25, 0.3) is 0 Å². The van der Waals surface area contributed by atoms with Crippen LogP contribution >= 0.6 is 0 Å². The molecule has 2 aromatic rings. The van der Waals surface area contributed by atoms with Crippen LogP contribution in [0.15, 0.2) is 42.5 Å². The molecule has 1 radical (unpaired) electrons. The maximum Gasteiger partial charge on any atom is 0.0828 e. The van der Waals surface area contributed by atoms with Crippen molar-refractivity contribution in [2.75, 3.05) is 6.61 Å². The minimum Gasteiger partial charge on any atom is -0.237 e. The highest BCUT2D eigenvalue weighted by molar-refractivity contribution is 5.86. The highest BCUT2D eigenvalue weighted by atomic mass is 16.3. The minimum atomic E-state index is 0.00435. The Morgan fingerprint density at radius 3 is 2.60 bits per heavy atom. The van der Waals surface area contributed by atoms with Gasteiger partial charge in [0, 0.05) is 0 Å². The molecule has 2 rings (SSSR count). The van der Waals surface area contributed by atoms with Crippen molar-refractivity contribution in [3.05, 3.63) is 48.0 Å². The summed E-state index contributed by atoms with van der Waals surface area (Å²) in [5.41, 5.74) is 1.30. The molecular weight excluding hydrogens is 184 g/mol. The Morgan fingerprint density at radius 2 is 1.80 bits per heavy atom. The first-order valence-corrected chi connectivity index (χ1v) is 5.38. The monoisotopic (exact) mass is 199 g/mol. The smallest absolute Gasteiger partial charge is 0.0828 e. The second kappa shape index (κ2) is 4.45. The fraction of sp³-hybridized carbons (Fsp3) is 0.286. The van der Waals surface area contributed by atoms with E-state index in [0.717, 1.165) is 0 Å². The molecule has 1 heteroatoms. The summed E-state index contributed by atoms with van der Waals surface area (Å²) in [6.45, 7) is 2.13. The summed E-state index contributed by atoms with van der Waals surface area (Å²) in [5, 5.41) is 13.2. The van der Waals surface area contributed by atoms with E-state index in [0.29, 0.717) is 12.3 Å². The van der Waals surface area contributed by atoms with E-state index in [2.05, 4.69) is 43.3 Å². The molecule has 0 spiro atoms. The Kier molecular flexibility index (Phi) is 3.02. The molecule has 0 amide bonds. The molecule has 0 aliphatic heterocycles. The Balaban J connectivity index is 2.50. The first-order valence-electron chi connectivity index (χ1n) is 5.38. The van der Waals surface area contributed by atoms with Crippen LogP contribution in [0.3, 0.4) is 0 Å². The van der Waals surface area contributed by atoms with E-state index in [9.17, 15) is 5.11 Å². The third kappa shape index (κ3) is 2.02. The van der Waals surface area contributed by atoms with Gasteiger partial charge in [0.15, 0.2) is 0 Å². The molecule has 15 heavy (non-hydrogen) atoms. The summed E-state index contributed by atoms with van der Waals surface area (Å²) in [6.07, 6.45) is 0.716. The lowest BCUT2D eigenvalue weighted by atomic mass is 9.93. The first-order chi connectivity index (χ1) is 7.33. The van der Waals surface area contributed by atoms with Gasteiger partial charge >= 0.3 is 0 Å². The quantitative estimate of drug-likeness (QED) is 0.717. The lowest BCUT2D eigenvalue weighted by molar-refractivity contribution is 0.183. The molecule has 0 N–H and O–H groups in total. The van der Waals surface area contributed by atoms with Crippen molar-refractivity contribution < 1.29 is 5.11 Å². The molecule has 1 unspecified atom stereocenters. The van der Waals surface area contributed by atoms with E-state index in [-0.39, 0.29) is 6.61 Å². The van der Waals surface area contributed by atoms with E-state index in [1.54, 1.807) is 0 Å². The van der Waals surface area contributed by atoms with Crippen LogP contribution in [-0.4, -0.2) is 6.61 Å². The zero-order valence-corrected chi connectivity index (χ0v) is 8.94. The van der Waals surface area contributed by atoms with Crippen LogP contribution in [-0.2, 0) is 5.11 Å². The summed E-state index contributed by atoms with van der Waals surface area (Å²) in [6, 6.07) is 14.7. The standard InChI is InChI=1S/C14H15O/c1-11(9-10-15)13-8-4-6-12-5-2-3-7-14(12)13/h2-8,11H,9-10H2,1H3. The van der Waals surface area contributed by atoms with Crippen molar-refractivity contribution >= 4 is 10.8 Å². The van der Waals surface area contributed by atoms with E-state index in [1.165, 1.54) is 16.3 Å². The van der Waals surface area contributed by atoms with Gasteiger partial charge in [-0.2, -0.15) is 0 Å². The van der Waals surface area contributed by atoms with E-state index in [1.807, 2.05) is 6.07 Å². The van der Waals surface area contributed by atoms with Gasteiger partial charge in [-0.05, 0) is 28.7 Å². The van der Waals surface area contributed by atoms with Crippen LogP contribution in [0.1, 0.15) is 24.8 Å². The zero-order chi connectivity index (χ0) is 10.7. The maximum atomic E-state index is 10.6. The van der Waals surface area contributed by atoms with Gasteiger partial charge in [-0.15, -0.1) is 0 Å². The Morgan fingerprint density at radius 1 is 1.07 bits per heavy atom. The topological polar surface area (TPSA) is 19.9 Å². The normalized spacial score (nSPS) is 12.9. The molecule has 0 saturated carbocycles. The molecule has 0 bridgehead atoms. The van der Waals surface area contributed by atoms with E-state index >= 15 is 0 Å². The van der Waals surface area contributed by atoms with Crippen molar-refractivity contribution in [2.45, 2.75) is 19.3 Å². The minimum absolute atomic E-state index is 0.00435. The molecule has 0 aromatic heterocycles. The summed E-state index contributed by atoms with van der Waals surface area (Å²) < 4.78 is 0. The number of rotatable bonds is 3. The third-order valence-corrected chi connectivity index (χ3v) is 2.91. The van der Waals surface area contributed by atoms with Gasteiger partial charge in [0.05, 0.1) is 6.61 Å². The van der Waals surface area contributed by atoms with Gasteiger partial charge in [-0.25, -0.2) is 5.11 Å². The second-order valence-electron chi connectivity index (χ2n) is 3.96. The van der Waals surface area contributed by atoms with Gasteiger partial charge < -0.3 is 0 Å². The Hall–Kier alpha value is -1.34.